The Morgan fingerprint density at radius 2 is 2.17 bits per heavy atom. The van der Waals surface area contributed by atoms with Gasteiger partial charge >= 0.3 is 0 Å². The van der Waals surface area contributed by atoms with Crippen LogP contribution in [-0.2, 0) is 0 Å². The van der Waals surface area contributed by atoms with E-state index >= 15 is 0 Å². The predicted molar refractivity (Wildman–Crippen MR) is 70.2 cm³/mol. The first-order chi connectivity index (χ1) is 8.61. The van der Waals surface area contributed by atoms with Crippen LogP contribution >= 0.6 is 11.8 Å². The molecule has 0 radical (unpaired) electrons. The maximum Gasteiger partial charge on any atom is 0.274 e. The largest absolute Gasteiger partial charge is 0.294 e. The highest BCUT2D eigenvalue weighted by molar-refractivity contribution is 7.98. The fourth-order valence-electron chi connectivity index (χ4n) is 1.93. The van der Waals surface area contributed by atoms with Crippen LogP contribution in [0, 0.1) is 11.3 Å². The standard InChI is InChI=1S/C13H10N2O2S/c1-8(16)11-10-5-3-4-6-15(10)13(17)9(7-14)12(11)18-2/h3-6H,1-2H3. The number of carbonyl (C=O) groups is 1. The number of hydrogen-bond donors (Lipinski definition) is 0. The van der Waals surface area contributed by atoms with Crippen molar-refractivity contribution >= 4 is 23.1 Å². The lowest BCUT2D eigenvalue weighted by Gasteiger charge is -2.11. The molecule has 0 bridgehead atoms. The van der Waals surface area contributed by atoms with Crippen molar-refractivity contribution in [1.82, 2.24) is 4.40 Å². The van der Waals surface area contributed by atoms with Crippen LogP contribution < -0.4 is 5.56 Å². The van der Waals surface area contributed by atoms with Gasteiger partial charge in [-0.3, -0.25) is 14.0 Å². The van der Waals surface area contributed by atoms with Crippen LogP contribution in [0.1, 0.15) is 22.8 Å². The van der Waals surface area contributed by atoms with Gasteiger partial charge in [-0.1, -0.05) is 6.07 Å². The zero-order valence-corrected chi connectivity index (χ0v) is 10.7. The Hall–Kier alpha value is -2.06. The minimum absolute atomic E-state index is 0.0244. The Bertz CT molecular complexity index is 741. The second-order valence-corrected chi connectivity index (χ2v) is 4.53. The molecule has 2 aromatic heterocycles. The number of nitriles is 1. The molecule has 0 amide bonds. The molecule has 90 valence electrons. The molecule has 0 spiro atoms. The fraction of sp³-hybridized carbons (Fsp3) is 0.154. The summed E-state index contributed by atoms with van der Waals surface area (Å²) < 4.78 is 1.34. The minimum atomic E-state index is -0.387. The molecule has 0 fully saturated rings. The molecule has 0 unspecified atom stereocenters. The fourth-order valence-corrected chi connectivity index (χ4v) is 2.72. The van der Waals surface area contributed by atoms with Crippen LogP contribution in [0.5, 0.6) is 0 Å². The third kappa shape index (κ3) is 1.71. The zero-order valence-electron chi connectivity index (χ0n) is 9.93. The van der Waals surface area contributed by atoms with E-state index in [1.807, 2.05) is 6.07 Å². The van der Waals surface area contributed by atoms with Crippen molar-refractivity contribution in [3.05, 3.63) is 45.9 Å². The second kappa shape index (κ2) is 4.67. The lowest BCUT2D eigenvalue weighted by atomic mass is 10.1. The van der Waals surface area contributed by atoms with Crippen LogP contribution in [0.4, 0.5) is 0 Å². The summed E-state index contributed by atoms with van der Waals surface area (Å²) in [5.74, 6) is -0.153. The first kappa shape index (κ1) is 12.4. The molecule has 0 aliphatic rings. The summed E-state index contributed by atoms with van der Waals surface area (Å²) in [6, 6.07) is 7.06. The number of thioether (sulfide) groups is 1. The van der Waals surface area contributed by atoms with Crippen LogP contribution in [0.15, 0.2) is 34.1 Å². The summed E-state index contributed by atoms with van der Waals surface area (Å²) in [6.45, 7) is 1.44. The lowest BCUT2D eigenvalue weighted by molar-refractivity contribution is 0.101. The first-order valence-corrected chi connectivity index (χ1v) is 6.46. The molecule has 0 aliphatic heterocycles. The van der Waals surface area contributed by atoms with E-state index in [4.69, 9.17) is 5.26 Å². The van der Waals surface area contributed by atoms with Gasteiger partial charge in [-0.15, -0.1) is 11.8 Å². The predicted octanol–water partition coefficient (Wildman–Crippen LogP) is 2.10. The molecular weight excluding hydrogens is 248 g/mol. The Morgan fingerprint density at radius 3 is 2.72 bits per heavy atom. The van der Waals surface area contributed by atoms with Crippen LogP contribution in [0.3, 0.4) is 0 Å². The van der Waals surface area contributed by atoms with E-state index in [1.54, 1.807) is 30.7 Å². The highest BCUT2D eigenvalue weighted by atomic mass is 32.2. The van der Waals surface area contributed by atoms with Gasteiger partial charge in [0.1, 0.15) is 11.6 Å². The molecule has 18 heavy (non-hydrogen) atoms. The van der Waals surface area contributed by atoms with Gasteiger partial charge in [0.2, 0.25) is 0 Å². The quantitative estimate of drug-likeness (QED) is 0.611. The molecule has 2 rings (SSSR count). The van der Waals surface area contributed by atoms with Crippen molar-refractivity contribution in [1.29, 1.82) is 5.26 Å². The monoisotopic (exact) mass is 258 g/mol. The van der Waals surface area contributed by atoms with Gasteiger partial charge in [0.25, 0.3) is 5.56 Å². The second-order valence-electron chi connectivity index (χ2n) is 3.71. The highest BCUT2D eigenvalue weighted by Gasteiger charge is 2.19. The third-order valence-electron chi connectivity index (χ3n) is 2.67. The Balaban J connectivity index is 3.13. The van der Waals surface area contributed by atoms with Crippen LogP contribution in [0.2, 0.25) is 0 Å². The number of carbonyl (C=O) groups excluding carboxylic acids is 1. The van der Waals surface area contributed by atoms with E-state index in [0.717, 1.165) is 0 Å². The van der Waals surface area contributed by atoms with E-state index in [0.29, 0.717) is 16.0 Å². The van der Waals surface area contributed by atoms with Gasteiger partial charge in [-0.05, 0) is 25.3 Å². The minimum Gasteiger partial charge on any atom is -0.294 e. The number of aromatic nitrogens is 1. The SMILES string of the molecule is CSc1c(C#N)c(=O)n2ccccc2c1C(C)=O. The highest BCUT2D eigenvalue weighted by Crippen LogP contribution is 2.26. The summed E-state index contributed by atoms with van der Waals surface area (Å²) in [7, 11) is 0. The van der Waals surface area contributed by atoms with Gasteiger partial charge in [-0.2, -0.15) is 5.26 Å². The lowest BCUT2D eigenvalue weighted by Crippen LogP contribution is -2.20. The van der Waals surface area contributed by atoms with Gasteiger partial charge in [0.15, 0.2) is 5.78 Å². The van der Waals surface area contributed by atoms with Gasteiger partial charge < -0.3 is 0 Å². The number of rotatable bonds is 2. The molecule has 2 heterocycles. The van der Waals surface area contributed by atoms with E-state index in [1.165, 1.54) is 23.1 Å². The number of nitrogens with zero attached hydrogens (tertiary/aromatic N) is 2. The van der Waals surface area contributed by atoms with Crippen LogP contribution in [-0.4, -0.2) is 16.4 Å². The summed E-state index contributed by atoms with van der Waals surface area (Å²) in [6.07, 6.45) is 3.32. The van der Waals surface area contributed by atoms with E-state index < -0.39 is 0 Å². The Kier molecular flexibility index (Phi) is 3.21. The number of pyridine rings is 2. The molecular formula is C13H10N2O2S. The maximum absolute atomic E-state index is 12.1. The molecule has 4 nitrogen and oxygen atoms in total. The number of hydrogen-bond acceptors (Lipinski definition) is 4. The average molecular weight is 258 g/mol. The maximum atomic E-state index is 12.1. The van der Waals surface area contributed by atoms with Crippen molar-refractivity contribution in [2.24, 2.45) is 0 Å². The molecule has 0 aliphatic carbocycles. The molecule has 0 N–H and O–H groups in total. The normalized spacial score (nSPS) is 10.3. The first-order valence-electron chi connectivity index (χ1n) is 5.24. The van der Waals surface area contributed by atoms with E-state index in [2.05, 4.69) is 0 Å². The Labute approximate surface area is 108 Å². The number of ketones is 1. The van der Waals surface area contributed by atoms with E-state index in [-0.39, 0.29) is 16.9 Å². The Morgan fingerprint density at radius 1 is 1.44 bits per heavy atom. The summed E-state index contributed by atoms with van der Waals surface area (Å²) in [5, 5.41) is 9.11. The van der Waals surface area contributed by atoms with Gasteiger partial charge in [0, 0.05) is 11.1 Å². The molecule has 0 aromatic carbocycles. The smallest absolute Gasteiger partial charge is 0.274 e. The summed E-state index contributed by atoms with van der Waals surface area (Å²) in [4.78, 5) is 24.4. The zero-order chi connectivity index (χ0) is 13.3. The molecule has 0 saturated heterocycles. The molecule has 0 atom stereocenters. The topological polar surface area (TPSA) is 62.3 Å². The molecule has 5 heteroatoms. The summed E-state index contributed by atoms with van der Waals surface area (Å²) in [5.41, 5.74) is 0.608. The average Bonchev–Trinajstić information content (AvgIpc) is 2.38. The van der Waals surface area contributed by atoms with Gasteiger partial charge in [-0.25, -0.2) is 0 Å². The van der Waals surface area contributed by atoms with Gasteiger partial charge in [0.05, 0.1) is 11.1 Å². The van der Waals surface area contributed by atoms with Crippen molar-refractivity contribution in [2.45, 2.75) is 11.8 Å². The third-order valence-corrected chi connectivity index (χ3v) is 3.49. The molecule has 0 saturated carbocycles. The van der Waals surface area contributed by atoms with Crippen molar-refractivity contribution < 1.29 is 4.79 Å². The van der Waals surface area contributed by atoms with Crippen molar-refractivity contribution in [3.8, 4) is 6.07 Å². The van der Waals surface area contributed by atoms with Crippen molar-refractivity contribution in [2.75, 3.05) is 6.26 Å². The van der Waals surface area contributed by atoms with E-state index in [9.17, 15) is 9.59 Å². The number of fused-ring (bicyclic) bond motifs is 1. The summed E-state index contributed by atoms with van der Waals surface area (Å²) >= 11 is 1.25. The van der Waals surface area contributed by atoms with Crippen LogP contribution in [0.25, 0.3) is 5.52 Å². The number of Topliss-reactive ketones (excluding diaryl/α,β-unsaturated/α-hetero) is 1. The van der Waals surface area contributed by atoms with Crippen molar-refractivity contribution in [3.63, 3.8) is 0 Å². The molecule has 2 aromatic rings.